The van der Waals surface area contributed by atoms with E-state index in [9.17, 15) is 20.0 Å². The van der Waals surface area contributed by atoms with Crippen molar-refractivity contribution < 1.29 is 14.8 Å². The molecule has 0 saturated heterocycles. The molecule has 0 radical (unpaired) electrons. The highest BCUT2D eigenvalue weighted by Gasteiger charge is 2.30. The Morgan fingerprint density at radius 1 is 1.53 bits per heavy atom. The van der Waals surface area contributed by atoms with Crippen LogP contribution in [0.5, 0.6) is 0 Å². The summed E-state index contributed by atoms with van der Waals surface area (Å²) in [5.74, 6) is -1.24. The van der Waals surface area contributed by atoms with Gasteiger partial charge in [0, 0.05) is 18.7 Å². The van der Waals surface area contributed by atoms with E-state index in [1.807, 2.05) is 6.92 Å². The molecule has 1 fully saturated rings. The summed E-state index contributed by atoms with van der Waals surface area (Å²) in [4.78, 5) is 23.7. The van der Waals surface area contributed by atoms with Gasteiger partial charge >= 0.3 is 5.97 Å². The van der Waals surface area contributed by atoms with Crippen LogP contribution in [0.15, 0.2) is 18.2 Å². The normalized spacial score (nSPS) is 14.6. The van der Waals surface area contributed by atoms with Crippen molar-refractivity contribution in [1.82, 2.24) is 4.90 Å². The highest BCUT2D eigenvalue weighted by molar-refractivity contribution is 5.94. The van der Waals surface area contributed by atoms with Crippen LogP contribution in [-0.4, -0.2) is 33.5 Å². The topological polar surface area (TPSA) is 83.7 Å². The third-order valence-electron chi connectivity index (χ3n) is 3.38. The fraction of sp³-hybridized carbons (Fsp3) is 0.462. The molecule has 1 aliphatic rings. The molecule has 0 amide bonds. The molecule has 0 heterocycles. The summed E-state index contributed by atoms with van der Waals surface area (Å²) in [5, 5.41) is 20.1. The molecular weight excluding hydrogens is 248 g/mol. The van der Waals surface area contributed by atoms with Gasteiger partial charge in [0.2, 0.25) is 0 Å². The van der Waals surface area contributed by atoms with Gasteiger partial charge in [-0.3, -0.25) is 15.0 Å². The predicted molar refractivity (Wildman–Crippen MR) is 69.2 cm³/mol. The van der Waals surface area contributed by atoms with Crippen LogP contribution in [0.1, 0.15) is 35.7 Å². The van der Waals surface area contributed by atoms with Crippen LogP contribution in [-0.2, 0) is 6.54 Å². The smallest absolute Gasteiger partial charge is 0.343 e. The van der Waals surface area contributed by atoms with Crippen LogP contribution in [0, 0.1) is 10.1 Å². The molecular formula is C13H16N2O4. The van der Waals surface area contributed by atoms with Crippen molar-refractivity contribution in [2.24, 2.45) is 0 Å². The Bertz CT molecular complexity index is 511. The Morgan fingerprint density at radius 3 is 2.68 bits per heavy atom. The zero-order valence-electron chi connectivity index (χ0n) is 10.7. The molecule has 6 nitrogen and oxygen atoms in total. The summed E-state index contributed by atoms with van der Waals surface area (Å²) in [6, 6.07) is 4.92. The van der Waals surface area contributed by atoms with E-state index in [2.05, 4.69) is 4.90 Å². The fourth-order valence-corrected chi connectivity index (χ4v) is 2.27. The van der Waals surface area contributed by atoms with Crippen LogP contribution >= 0.6 is 0 Å². The molecule has 0 spiro atoms. The molecule has 6 heteroatoms. The maximum absolute atomic E-state index is 11.3. The van der Waals surface area contributed by atoms with Gasteiger partial charge in [0.15, 0.2) is 0 Å². The summed E-state index contributed by atoms with van der Waals surface area (Å²) in [7, 11) is 0. The molecule has 0 aliphatic heterocycles. The Morgan fingerprint density at radius 2 is 2.21 bits per heavy atom. The minimum absolute atomic E-state index is 0.188. The molecule has 1 saturated carbocycles. The average molecular weight is 264 g/mol. The molecule has 1 aromatic rings. The number of nitro benzene ring substituents is 1. The third kappa shape index (κ3) is 2.90. The molecule has 102 valence electrons. The van der Waals surface area contributed by atoms with E-state index in [1.54, 1.807) is 12.1 Å². The second-order valence-electron chi connectivity index (χ2n) is 4.67. The van der Waals surface area contributed by atoms with Crippen LogP contribution in [0.4, 0.5) is 5.69 Å². The number of aromatic carboxylic acids is 1. The van der Waals surface area contributed by atoms with Crippen molar-refractivity contribution >= 4 is 11.7 Å². The first-order valence-corrected chi connectivity index (χ1v) is 6.28. The SMILES string of the molecule is CCN(Cc1cccc([N+](=O)[O-])c1C(=O)O)C1CC1. The van der Waals surface area contributed by atoms with Crippen LogP contribution < -0.4 is 0 Å². The zero-order valence-corrected chi connectivity index (χ0v) is 10.7. The number of nitrogens with zero attached hydrogens (tertiary/aromatic N) is 2. The third-order valence-corrected chi connectivity index (χ3v) is 3.38. The molecule has 0 unspecified atom stereocenters. The first-order valence-electron chi connectivity index (χ1n) is 6.28. The number of hydrogen-bond donors (Lipinski definition) is 1. The van der Waals surface area contributed by atoms with Crippen molar-refractivity contribution in [2.45, 2.75) is 32.4 Å². The first kappa shape index (κ1) is 13.5. The van der Waals surface area contributed by atoms with Gasteiger partial charge in [-0.2, -0.15) is 0 Å². The van der Waals surface area contributed by atoms with Gasteiger partial charge in [0.25, 0.3) is 5.69 Å². The number of rotatable bonds is 6. The van der Waals surface area contributed by atoms with Gasteiger partial charge < -0.3 is 5.11 Å². The van der Waals surface area contributed by atoms with Crippen molar-refractivity contribution in [3.63, 3.8) is 0 Å². The second-order valence-corrected chi connectivity index (χ2v) is 4.67. The number of benzene rings is 1. The molecule has 0 atom stereocenters. The molecule has 1 aromatic carbocycles. The van der Waals surface area contributed by atoms with Crippen molar-refractivity contribution in [3.8, 4) is 0 Å². The van der Waals surface area contributed by atoms with Crippen LogP contribution in [0.2, 0.25) is 0 Å². The van der Waals surface area contributed by atoms with Crippen molar-refractivity contribution in [2.75, 3.05) is 6.54 Å². The second kappa shape index (κ2) is 5.36. The van der Waals surface area contributed by atoms with E-state index in [0.29, 0.717) is 18.2 Å². The Balaban J connectivity index is 2.35. The number of hydrogen-bond acceptors (Lipinski definition) is 4. The van der Waals surface area contributed by atoms with Gasteiger partial charge in [-0.05, 0) is 24.9 Å². The van der Waals surface area contributed by atoms with Crippen molar-refractivity contribution in [1.29, 1.82) is 0 Å². The van der Waals surface area contributed by atoms with Gasteiger partial charge in [-0.15, -0.1) is 0 Å². The maximum atomic E-state index is 11.3. The summed E-state index contributed by atoms with van der Waals surface area (Å²) < 4.78 is 0. The van der Waals surface area contributed by atoms with Gasteiger partial charge in [0.05, 0.1) is 4.92 Å². The summed E-state index contributed by atoms with van der Waals surface area (Å²) in [6.45, 7) is 3.27. The number of nitro groups is 1. The van der Waals surface area contributed by atoms with E-state index < -0.39 is 10.9 Å². The quantitative estimate of drug-likeness (QED) is 0.629. The molecule has 0 aromatic heterocycles. The van der Waals surface area contributed by atoms with E-state index >= 15 is 0 Å². The van der Waals surface area contributed by atoms with Gasteiger partial charge in [-0.25, -0.2) is 4.79 Å². The lowest BCUT2D eigenvalue weighted by atomic mass is 10.0. The zero-order chi connectivity index (χ0) is 14.0. The Kier molecular flexibility index (Phi) is 3.80. The highest BCUT2D eigenvalue weighted by atomic mass is 16.6. The van der Waals surface area contributed by atoms with Gasteiger partial charge in [0.1, 0.15) is 5.56 Å². The monoisotopic (exact) mass is 264 g/mol. The predicted octanol–water partition coefficient (Wildman–Crippen LogP) is 2.28. The lowest BCUT2D eigenvalue weighted by Gasteiger charge is -2.20. The van der Waals surface area contributed by atoms with Crippen LogP contribution in [0.3, 0.4) is 0 Å². The Labute approximate surface area is 110 Å². The molecule has 1 aliphatic carbocycles. The average Bonchev–Trinajstić information content (AvgIpc) is 3.19. The van der Waals surface area contributed by atoms with E-state index in [0.717, 1.165) is 19.4 Å². The first-order chi connectivity index (χ1) is 9.04. The van der Waals surface area contributed by atoms with E-state index in [-0.39, 0.29) is 11.3 Å². The molecule has 2 rings (SSSR count). The Hall–Kier alpha value is -1.95. The fourth-order valence-electron chi connectivity index (χ4n) is 2.27. The number of carboxylic acids is 1. The summed E-state index contributed by atoms with van der Waals surface area (Å²) in [5.41, 5.74) is -0.0149. The standard InChI is InChI=1S/C13H16N2O4/c1-2-14(10-6-7-10)8-9-4-3-5-11(15(18)19)12(9)13(16)17/h3-5,10H,2,6-8H2,1H3,(H,16,17). The van der Waals surface area contributed by atoms with Crippen LogP contribution in [0.25, 0.3) is 0 Å². The summed E-state index contributed by atoms with van der Waals surface area (Å²) in [6.07, 6.45) is 2.23. The largest absolute Gasteiger partial charge is 0.477 e. The highest BCUT2D eigenvalue weighted by Crippen LogP contribution is 2.30. The molecule has 1 N–H and O–H groups in total. The summed E-state index contributed by atoms with van der Waals surface area (Å²) >= 11 is 0. The van der Waals surface area contributed by atoms with Crippen molar-refractivity contribution in [3.05, 3.63) is 39.4 Å². The number of carbonyl (C=O) groups is 1. The molecule has 19 heavy (non-hydrogen) atoms. The van der Waals surface area contributed by atoms with E-state index in [1.165, 1.54) is 6.07 Å². The van der Waals surface area contributed by atoms with E-state index in [4.69, 9.17) is 0 Å². The van der Waals surface area contributed by atoms with Gasteiger partial charge in [-0.1, -0.05) is 19.1 Å². The molecule has 0 bridgehead atoms. The lowest BCUT2D eigenvalue weighted by molar-refractivity contribution is -0.385. The maximum Gasteiger partial charge on any atom is 0.343 e. The number of carboxylic acid groups (broad SMARTS) is 1. The lowest BCUT2D eigenvalue weighted by Crippen LogP contribution is -2.26. The minimum Gasteiger partial charge on any atom is -0.477 e. The minimum atomic E-state index is -1.24.